The molecular formula is C50H56N2O10. The van der Waals surface area contributed by atoms with Gasteiger partial charge in [-0.15, -0.1) is 0 Å². The Labute approximate surface area is 363 Å². The molecule has 7 rings (SSSR count). The Kier molecular flexibility index (Phi) is 16.3. The first-order valence-electron chi connectivity index (χ1n) is 21.1. The van der Waals surface area contributed by atoms with E-state index in [0.717, 1.165) is 27.8 Å². The van der Waals surface area contributed by atoms with Gasteiger partial charge in [0.25, 0.3) is 0 Å². The molecule has 2 amide bonds. The summed E-state index contributed by atoms with van der Waals surface area (Å²) in [5, 5.41) is 15.4. The lowest BCUT2D eigenvalue weighted by atomic mass is 9.91. The van der Waals surface area contributed by atoms with Crippen LogP contribution >= 0.6 is 0 Å². The zero-order valence-corrected chi connectivity index (χ0v) is 35.1. The molecule has 12 heteroatoms. The Hall–Kier alpha value is -5.44. The van der Waals surface area contributed by atoms with Gasteiger partial charge in [-0.05, 0) is 34.7 Å². The van der Waals surface area contributed by atoms with E-state index < -0.39 is 61.1 Å². The molecule has 2 N–H and O–H groups in total. The van der Waals surface area contributed by atoms with Gasteiger partial charge in [0, 0.05) is 13.5 Å². The minimum absolute atomic E-state index is 0.0146. The van der Waals surface area contributed by atoms with Gasteiger partial charge in [0.15, 0.2) is 6.29 Å². The number of hydrogen-bond acceptors (Lipinski definition) is 10. The third-order valence-corrected chi connectivity index (χ3v) is 11.0. The number of piperidine rings is 1. The maximum Gasteiger partial charge on any atom is 0.410 e. The third-order valence-electron chi connectivity index (χ3n) is 11.0. The summed E-state index contributed by atoms with van der Waals surface area (Å²) in [5.41, 5.74) is 4.59. The number of likely N-dealkylation sites (tertiary alicyclic amines) is 1. The van der Waals surface area contributed by atoms with Crippen molar-refractivity contribution in [3.8, 4) is 0 Å². The topological polar surface area (TPSA) is 134 Å². The molecule has 0 bridgehead atoms. The molecular weight excluding hydrogens is 789 g/mol. The van der Waals surface area contributed by atoms with Crippen LogP contribution in [0.15, 0.2) is 152 Å². The Balaban J connectivity index is 1.19. The zero-order chi connectivity index (χ0) is 43.1. The molecule has 62 heavy (non-hydrogen) atoms. The van der Waals surface area contributed by atoms with E-state index in [1.807, 2.05) is 159 Å². The van der Waals surface area contributed by atoms with E-state index in [1.54, 1.807) is 0 Å². The summed E-state index contributed by atoms with van der Waals surface area (Å²) in [5.74, 6) is -0.375. The van der Waals surface area contributed by atoms with Gasteiger partial charge in [-0.1, -0.05) is 152 Å². The molecule has 0 aromatic heterocycles. The quantitative estimate of drug-likeness (QED) is 0.0953. The maximum absolute atomic E-state index is 13.9. The second kappa shape index (κ2) is 22.6. The Morgan fingerprint density at radius 2 is 1.05 bits per heavy atom. The number of aliphatic hydroxyl groups is 1. The van der Waals surface area contributed by atoms with Crippen molar-refractivity contribution >= 4 is 12.0 Å². The molecule has 2 saturated heterocycles. The van der Waals surface area contributed by atoms with Crippen LogP contribution in [0.1, 0.15) is 41.7 Å². The molecule has 2 fully saturated rings. The summed E-state index contributed by atoms with van der Waals surface area (Å²) in [7, 11) is 0. The Morgan fingerprint density at radius 1 is 0.613 bits per heavy atom. The fraction of sp³-hybridized carbons (Fsp3) is 0.360. The minimum atomic E-state index is -1.38. The number of benzene rings is 5. The summed E-state index contributed by atoms with van der Waals surface area (Å²) in [6.07, 6.45) is -7.05. The lowest BCUT2D eigenvalue weighted by Crippen LogP contribution is -2.70. The van der Waals surface area contributed by atoms with Crippen LogP contribution in [0.5, 0.6) is 0 Å². The summed E-state index contributed by atoms with van der Waals surface area (Å²) in [4.78, 5) is 28.2. The normalized spacial score (nSPS) is 24.9. The fourth-order valence-corrected chi connectivity index (χ4v) is 7.86. The number of hydrogen-bond donors (Lipinski definition) is 2. The first-order chi connectivity index (χ1) is 30.3. The summed E-state index contributed by atoms with van der Waals surface area (Å²) in [6, 6.07) is 46.6. The van der Waals surface area contributed by atoms with Gasteiger partial charge in [0.05, 0.1) is 51.2 Å². The number of ether oxygens (including phenoxy) is 7. The molecule has 0 unspecified atom stereocenters. The van der Waals surface area contributed by atoms with Gasteiger partial charge in [-0.3, -0.25) is 9.69 Å². The highest BCUT2D eigenvalue weighted by Crippen LogP contribution is 2.34. The number of aliphatic hydroxyl groups excluding tert-OH is 1. The summed E-state index contributed by atoms with van der Waals surface area (Å²) >= 11 is 0. The number of amides is 2. The number of nitrogens with zero attached hydrogens (tertiary/aromatic N) is 1. The number of carbonyl (C=O) groups excluding carboxylic acids is 2. The zero-order valence-electron chi connectivity index (χ0n) is 35.1. The van der Waals surface area contributed by atoms with Crippen molar-refractivity contribution in [1.29, 1.82) is 0 Å². The third kappa shape index (κ3) is 12.4. The van der Waals surface area contributed by atoms with E-state index in [1.165, 1.54) is 11.8 Å². The molecule has 5 aromatic carbocycles. The largest absolute Gasteiger partial charge is 0.445 e. The highest BCUT2D eigenvalue weighted by atomic mass is 16.7. The number of nitrogens with one attached hydrogen (secondary N) is 1. The van der Waals surface area contributed by atoms with Crippen LogP contribution in [0.4, 0.5) is 4.79 Å². The van der Waals surface area contributed by atoms with Crippen molar-refractivity contribution in [1.82, 2.24) is 10.2 Å². The van der Waals surface area contributed by atoms with Crippen molar-refractivity contribution in [3.05, 3.63) is 179 Å². The van der Waals surface area contributed by atoms with Crippen LogP contribution in [0.3, 0.4) is 0 Å². The fourth-order valence-electron chi connectivity index (χ4n) is 7.86. The van der Waals surface area contributed by atoms with E-state index in [9.17, 15) is 14.7 Å². The van der Waals surface area contributed by atoms with E-state index in [4.69, 9.17) is 33.2 Å². The SMILES string of the molecule is CC(=O)N[C@H]1CN(C(=O)OCc2ccccc2)[C@H](COCc2ccccc2)[C@@H](O)[C@@H]1O[C@H]1O[C@H](C)[C@H](OCc2ccccc2)[C@H](OCc2ccccc2)[C@H]1OCc1ccccc1. The van der Waals surface area contributed by atoms with Crippen LogP contribution in [-0.2, 0) is 71.0 Å². The van der Waals surface area contributed by atoms with Crippen molar-refractivity contribution in [2.24, 2.45) is 0 Å². The average Bonchev–Trinajstić information content (AvgIpc) is 3.30. The smallest absolute Gasteiger partial charge is 0.410 e. The van der Waals surface area contributed by atoms with Gasteiger partial charge in [-0.25, -0.2) is 4.79 Å². The van der Waals surface area contributed by atoms with Crippen molar-refractivity contribution in [3.63, 3.8) is 0 Å². The molecule has 2 heterocycles. The number of carbonyl (C=O) groups is 2. The second-order valence-corrected chi connectivity index (χ2v) is 15.7. The molecule has 2 aliphatic rings. The van der Waals surface area contributed by atoms with Gasteiger partial charge in [0.2, 0.25) is 5.91 Å². The molecule has 0 aliphatic carbocycles. The Bertz CT molecular complexity index is 2080. The molecule has 326 valence electrons. The van der Waals surface area contributed by atoms with Crippen molar-refractivity contribution in [2.45, 2.75) is 102 Å². The highest BCUT2D eigenvalue weighted by Gasteiger charge is 2.52. The first kappa shape index (κ1) is 44.6. The molecule has 12 nitrogen and oxygen atoms in total. The molecule has 5 aromatic rings. The van der Waals surface area contributed by atoms with Gasteiger partial charge >= 0.3 is 6.09 Å². The monoisotopic (exact) mass is 844 g/mol. The molecule has 0 saturated carbocycles. The van der Waals surface area contributed by atoms with E-state index in [2.05, 4.69) is 5.32 Å². The lowest BCUT2D eigenvalue weighted by molar-refractivity contribution is -0.338. The van der Waals surface area contributed by atoms with E-state index in [-0.39, 0.29) is 45.5 Å². The van der Waals surface area contributed by atoms with Crippen LogP contribution in [0.2, 0.25) is 0 Å². The summed E-state index contributed by atoms with van der Waals surface area (Å²) < 4.78 is 45.7. The predicted molar refractivity (Wildman–Crippen MR) is 231 cm³/mol. The average molecular weight is 845 g/mol. The van der Waals surface area contributed by atoms with Crippen LogP contribution in [0, 0.1) is 0 Å². The number of rotatable bonds is 18. The molecule has 0 spiro atoms. The van der Waals surface area contributed by atoms with Gasteiger partial charge < -0.3 is 43.6 Å². The first-order valence-corrected chi connectivity index (χ1v) is 21.1. The van der Waals surface area contributed by atoms with Crippen molar-refractivity contribution < 1.29 is 47.9 Å². The van der Waals surface area contributed by atoms with Crippen LogP contribution in [-0.4, -0.2) is 90.2 Å². The maximum atomic E-state index is 13.9. The molecule has 0 radical (unpaired) electrons. The molecule has 9 atom stereocenters. The van der Waals surface area contributed by atoms with Crippen LogP contribution in [0.25, 0.3) is 0 Å². The van der Waals surface area contributed by atoms with Crippen molar-refractivity contribution in [2.75, 3.05) is 13.2 Å². The van der Waals surface area contributed by atoms with E-state index >= 15 is 0 Å². The second-order valence-electron chi connectivity index (χ2n) is 15.7. The summed E-state index contributed by atoms with van der Waals surface area (Å²) in [6.45, 7) is 4.16. The van der Waals surface area contributed by atoms with Crippen LogP contribution < -0.4 is 5.32 Å². The van der Waals surface area contributed by atoms with E-state index in [0.29, 0.717) is 6.61 Å². The predicted octanol–water partition coefficient (Wildman–Crippen LogP) is 6.98. The standard InChI is InChI=1S/C50H56N2O10/c1-35-45(57-30-38-20-10-4-11-21-38)47(58-31-39-22-12-5-13-23-39)48(59-32-40-24-14-6-15-25-40)49(61-35)62-46-42(51-36(2)53)28-52(50(55)60-33-41-26-16-7-17-27-41)43(44(46)54)34-56-29-37-18-8-3-9-19-37/h3-27,35,42-49,54H,28-34H2,1-2H3,(H,51,53)/t35-,42+,43-,44-,45+,46-,47+,48-,49-/m1/s1. The highest BCUT2D eigenvalue weighted by molar-refractivity contribution is 5.74. The molecule has 2 aliphatic heterocycles. The Morgan fingerprint density at radius 3 is 1.53 bits per heavy atom. The van der Waals surface area contributed by atoms with Gasteiger partial charge in [0.1, 0.15) is 37.1 Å². The lowest BCUT2D eigenvalue weighted by Gasteiger charge is -2.50. The minimum Gasteiger partial charge on any atom is -0.445 e. The van der Waals surface area contributed by atoms with Gasteiger partial charge in [-0.2, -0.15) is 0 Å².